The molecular formula is C25H35N3O4S. The van der Waals surface area contributed by atoms with Crippen LogP contribution in [0.25, 0.3) is 0 Å². The van der Waals surface area contributed by atoms with Crippen molar-refractivity contribution in [3.63, 3.8) is 0 Å². The smallest absolute Gasteiger partial charge is 0.244 e. The molecule has 2 rings (SSSR count). The molecule has 0 saturated heterocycles. The maximum Gasteiger partial charge on any atom is 0.244 e. The lowest BCUT2D eigenvalue weighted by molar-refractivity contribution is -0.139. The Balaban J connectivity index is 2.35. The molecule has 0 saturated carbocycles. The van der Waals surface area contributed by atoms with E-state index in [0.717, 1.165) is 27.3 Å². The van der Waals surface area contributed by atoms with E-state index in [1.54, 1.807) is 19.1 Å². The van der Waals surface area contributed by atoms with E-state index in [0.29, 0.717) is 18.7 Å². The molecule has 0 radical (unpaired) electrons. The van der Waals surface area contributed by atoms with E-state index in [2.05, 4.69) is 5.32 Å². The van der Waals surface area contributed by atoms with Crippen LogP contribution in [-0.2, 0) is 26.0 Å². The summed E-state index contributed by atoms with van der Waals surface area (Å²) in [5.41, 5.74) is 3.21. The number of anilines is 1. The van der Waals surface area contributed by atoms with Gasteiger partial charge in [0, 0.05) is 12.6 Å². The van der Waals surface area contributed by atoms with Gasteiger partial charge in [0.2, 0.25) is 21.8 Å². The average Bonchev–Trinajstić information content (AvgIpc) is 2.73. The summed E-state index contributed by atoms with van der Waals surface area (Å²) in [6.45, 7) is 9.02. The molecule has 0 spiro atoms. The summed E-state index contributed by atoms with van der Waals surface area (Å²) >= 11 is 0. The van der Waals surface area contributed by atoms with Gasteiger partial charge in [-0.15, -0.1) is 0 Å². The van der Waals surface area contributed by atoms with Crippen molar-refractivity contribution >= 4 is 27.5 Å². The number of benzene rings is 2. The minimum absolute atomic E-state index is 0.0755. The third-order valence-corrected chi connectivity index (χ3v) is 6.73. The van der Waals surface area contributed by atoms with Gasteiger partial charge in [-0.05, 0) is 63.8 Å². The van der Waals surface area contributed by atoms with Gasteiger partial charge in [-0.1, -0.05) is 42.5 Å². The number of nitrogens with one attached hydrogen (secondary N) is 1. The number of sulfonamides is 1. The van der Waals surface area contributed by atoms with Crippen LogP contribution in [0.5, 0.6) is 0 Å². The van der Waals surface area contributed by atoms with Gasteiger partial charge >= 0.3 is 0 Å². The van der Waals surface area contributed by atoms with Gasteiger partial charge in [0.15, 0.2) is 0 Å². The van der Waals surface area contributed by atoms with Gasteiger partial charge in [0.1, 0.15) is 12.6 Å². The van der Waals surface area contributed by atoms with E-state index in [1.807, 2.05) is 64.1 Å². The highest BCUT2D eigenvalue weighted by atomic mass is 32.2. The molecular weight excluding hydrogens is 438 g/mol. The van der Waals surface area contributed by atoms with E-state index in [-0.39, 0.29) is 18.5 Å². The van der Waals surface area contributed by atoms with Crippen molar-refractivity contribution in [3.8, 4) is 0 Å². The second kappa shape index (κ2) is 11.3. The molecule has 0 aromatic heterocycles. The first-order valence-electron chi connectivity index (χ1n) is 11.1. The lowest BCUT2D eigenvalue weighted by Gasteiger charge is -2.32. The van der Waals surface area contributed by atoms with Crippen LogP contribution in [0.15, 0.2) is 48.5 Å². The Bertz CT molecular complexity index is 1070. The van der Waals surface area contributed by atoms with Crippen LogP contribution in [0.3, 0.4) is 0 Å². The molecule has 0 aliphatic heterocycles. The fourth-order valence-electron chi connectivity index (χ4n) is 3.58. The molecule has 0 aliphatic rings. The monoisotopic (exact) mass is 473 g/mol. The number of nitrogens with zero attached hydrogens (tertiary/aromatic N) is 2. The van der Waals surface area contributed by atoms with Crippen molar-refractivity contribution in [2.75, 3.05) is 23.7 Å². The third-order valence-electron chi connectivity index (χ3n) is 5.61. The topological polar surface area (TPSA) is 86.8 Å². The van der Waals surface area contributed by atoms with E-state index in [1.165, 1.54) is 4.90 Å². The molecule has 0 unspecified atom stereocenters. The second-order valence-electron chi connectivity index (χ2n) is 8.65. The predicted octanol–water partition coefficient (Wildman–Crippen LogP) is 3.05. The quantitative estimate of drug-likeness (QED) is 0.575. The number of amides is 2. The molecule has 0 bridgehead atoms. The molecule has 2 aromatic carbocycles. The van der Waals surface area contributed by atoms with Crippen LogP contribution in [0.4, 0.5) is 5.69 Å². The van der Waals surface area contributed by atoms with Gasteiger partial charge in [-0.25, -0.2) is 8.42 Å². The number of hydrogen-bond donors (Lipinski definition) is 1. The lowest BCUT2D eigenvalue weighted by atomic mass is 10.1. The predicted molar refractivity (Wildman–Crippen MR) is 133 cm³/mol. The van der Waals surface area contributed by atoms with Crippen LogP contribution in [0.2, 0.25) is 0 Å². The molecule has 1 N–H and O–H groups in total. The van der Waals surface area contributed by atoms with Crippen molar-refractivity contribution in [2.45, 2.75) is 53.1 Å². The Morgan fingerprint density at radius 3 is 2.18 bits per heavy atom. The van der Waals surface area contributed by atoms with E-state index >= 15 is 0 Å². The largest absolute Gasteiger partial charge is 0.352 e. The van der Waals surface area contributed by atoms with Crippen LogP contribution in [0.1, 0.15) is 37.5 Å². The minimum atomic E-state index is -3.73. The SMILES string of the molecule is Cc1cccc(N(CC(=O)N(CCc2ccccc2)[C@@H](C)C(=O)NC(C)C)S(C)(=O)=O)c1C. The Morgan fingerprint density at radius 2 is 1.61 bits per heavy atom. The van der Waals surface area contributed by atoms with Crippen LogP contribution >= 0.6 is 0 Å². The number of rotatable bonds is 10. The highest BCUT2D eigenvalue weighted by molar-refractivity contribution is 7.92. The number of carbonyl (C=O) groups excluding carboxylic acids is 2. The van der Waals surface area contributed by atoms with Crippen LogP contribution in [0, 0.1) is 13.8 Å². The molecule has 180 valence electrons. The number of hydrogen-bond acceptors (Lipinski definition) is 4. The summed E-state index contributed by atoms with van der Waals surface area (Å²) in [7, 11) is -3.73. The van der Waals surface area contributed by atoms with Gasteiger partial charge in [-0.2, -0.15) is 0 Å². The van der Waals surface area contributed by atoms with Crippen molar-refractivity contribution in [3.05, 3.63) is 65.2 Å². The van der Waals surface area contributed by atoms with Gasteiger partial charge < -0.3 is 10.2 Å². The van der Waals surface area contributed by atoms with Crippen molar-refractivity contribution in [1.29, 1.82) is 0 Å². The average molecular weight is 474 g/mol. The Morgan fingerprint density at radius 1 is 0.970 bits per heavy atom. The standard InChI is InChI=1S/C25H35N3O4S/c1-18(2)26-25(30)21(5)27(16-15-22-12-8-7-9-13-22)24(29)17-28(33(6,31)32)23-14-10-11-19(3)20(23)4/h7-14,18,21H,15-17H2,1-6H3,(H,26,30)/t21-/m0/s1. The fraction of sp³-hybridized carbons (Fsp3) is 0.440. The summed E-state index contributed by atoms with van der Waals surface area (Å²) in [4.78, 5) is 27.7. The number of aryl methyl sites for hydroxylation is 1. The Labute approximate surface area is 197 Å². The summed E-state index contributed by atoms with van der Waals surface area (Å²) in [5.74, 6) is -0.701. The first kappa shape index (κ1) is 26.4. The van der Waals surface area contributed by atoms with Gasteiger partial charge in [0.25, 0.3) is 0 Å². The Hall–Kier alpha value is -2.87. The summed E-state index contributed by atoms with van der Waals surface area (Å²) in [6, 6.07) is 14.2. The highest BCUT2D eigenvalue weighted by Gasteiger charge is 2.30. The third kappa shape index (κ3) is 7.32. The number of carbonyl (C=O) groups is 2. The molecule has 33 heavy (non-hydrogen) atoms. The summed E-state index contributed by atoms with van der Waals surface area (Å²) < 4.78 is 26.4. The van der Waals surface area contributed by atoms with Gasteiger partial charge in [-0.3, -0.25) is 13.9 Å². The second-order valence-corrected chi connectivity index (χ2v) is 10.6. The minimum Gasteiger partial charge on any atom is -0.352 e. The van der Waals surface area contributed by atoms with Crippen LogP contribution < -0.4 is 9.62 Å². The maximum atomic E-state index is 13.5. The summed E-state index contributed by atoms with van der Waals surface area (Å²) in [6.07, 6.45) is 1.64. The molecule has 7 nitrogen and oxygen atoms in total. The first-order chi connectivity index (χ1) is 15.4. The van der Waals surface area contributed by atoms with Crippen LogP contribution in [-0.4, -0.2) is 56.6 Å². The van der Waals surface area contributed by atoms with E-state index < -0.39 is 22.0 Å². The maximum absolute atomic E-state index is 13.5. The molecule has 0 aliphatic carbocycles. The normalized spacial score (nSPS) is 12.3. The van der Waals surface area contributed by atoms with Crippen molar-refractivity contribution in [2.24, 2.45) is 0 Å². The first-order valence-corrected chi connectivity index (χ1v) is 12.9. The molecule has 0 heterocycles. The van der Waals surface area contributed by atoms with E-state index in [9.17, 15) is 18.0 Å². The van der Waals surface area contributed by atoms with Crippen molar-refractivity contribution in [1.82, 2.24) is 10.2 Å². The lowest BCUT2D eigenvalue weighted by Crippen LogP contribution is -2.53. The Kier molecular flexibility index (Phi) is 9.05. The molecule has 2 aromatic rings. The molecule has 2 amide bonds. The highest BCUT2D eigenvalue weighted by Crippen LogP contribution is 2.25. The summed E-state index contributed by atoms with van der Waals surface area (Å²) in [5, 5.41) is 2.84. The van der Waals surface area contributed by atoms with Gasteiger partial charge in [0.05, 0.1) is 11.9 Å². The van der Waals surface area contributed by atoms with Crippen molar-refractivity contribution < 1.29 is 18.0 Å². The molecule has 0 fully saturated rings. The zero-order valence-corrected chi connectivity index (χ0v) is 21.1. The van der Waals surface area contributed by atoms with E-state index in [4.69, 9.17) is 0 Å². The molecule has 1 atom stereocenters. The fourth-order valence-corrected chi connectivity index (χ4v) is 4.48. The zero-order chi connectivity index (χ0) is 24.8. The zero-order valence-electron chi connectivity index (χ0n) is 20.3. The molecule has 8 heteroatoms.